The number of thioether (sulfide) groups is 1. The van der Waals surface area contributed by atoms with Gasteiger partial charge in [-0.25, -0.2) is 8.42 Å². The van der Waals surface area contributed by atoms with E-state index in [1.165, 1.54) is 6.26 Å². The molecule has 4 nitrogen and oxygen atoms in total. The zero-order valence-electron chi connectivity index (χ0n) is 12.5. The lowest BCUT2D eigenvalue weighted by Crippen LogP contribution is -2.12. The fourth-order valence-electron chi connectivity index (χ4n) is 1.92. The van der Waals surface area contributed by atoms with Crippen molar-refractivity contribution in [1.29, 1.82) is 0 Å². The lowest BCUT2D eigenvalue weighted by atomic mass is 10.2. The Hall–Kier alpha value is -1.38. The number of sulfone groups is 1. The number of alkyl halides is 2. The van der Waals surface area contributed by atoms with Crippen molar-refractivity contribution >= 4 is 21.6 Å². The van der Waals surface area contributed by atoms with Gasteiger partial charge in [-0.1, -0.05) is 23.9 Å². The Bertz CT molecular complexity index is 727. The standard InChI is InChI=1S/C15H17F2NO3S2/c1-23(19,20)14-6-2-11(3-7-14)8-18-9-12-4-5-13(21-12)10-22-15(16)17/h2-7,15,18H,8-10H2,1H3. The maximum atomic E-state index is 12.1. The molecule has 0 atom stereocenters. The Kier molecular flexibility index (Phi) is 6.20. The number of furan rings is 1. The highest BCUT2D eigenvalue weighted by molar-refractivity contribution is 7.98. The van der Waals surface area contributed by atoms with Crippen LogP contribution in [-0.2, 0) is 28.7 Å². The predicted molar refractivity (Wildman–Crippen MR) is 86.1 cm³/mol. The number of nitrogens with one attached hydrogen (secondary N) is 1. The zero-order valence-corrected chi connectivity index (χ0v) is 14.1. The highest BCUT2D eigenvalue weighted by Gasteiger charge is 2.08. The van der Waals surface area contributed by atoms with Gasteiger partial charge in [0.1, 0.15) is 11.5 Å². The van der Waals surface area contributed by atoms with Gasteiger partial charge >= 0.3 is 0 Å². The molecular formula is C15H17F2NO3S2. The van der Waals surface area contributed by atoms with E-state index < -0.39 is 15.6 Å². The first-order valence-electron chi connectivity index (χ1n) is 6.81. The van der Waals surface area contributed by atoms with Crippen LogP contribution in [0.5, 0.6) is 0 Å². The van der Waals surface area contributed by atoms with E-state index in [1.807, 2.05) is 0 Å². The van der Waals surface area contributed by atoms with Gasteiger partial charge in [0.2, 0.25) is 0 Å². The van der Waals surface area contributed by atoms with E-state index in [1.54, 1.807) is 36.4 Å². The first-order valence-corrected chi connectivity index (χ1v) is 9.75. The number of hydrogen-bond acceptors (Lipinski definition) is 5. The fourth-order valence-corrected chi connectivity index (χ4v) is 3.00. The molecule has 0 unspecified atom stereocenters. The van der Waals surface area contributed by atoms with E-state index in [4.69, 9.17) is 4.42 Å². The lowest BCUT2D eigenvalue weighted by Gasteiger charge is -2.04. The minimum Gasteiger partial charge on any atom is -0.464 e. The number of rotatable bonds is 8. The molecule has 0 aliphatic heterocycles. The van der Waals surface area contributed by atoms with E-state index in [9.17, 15) is 17.2 Å². The molecule has 1 aromatic carbocycles. The van der Waals surface area contributed by atoms with E-state index in [2.05, 4.69) is 5.32 Å². The summed E-state index contributed by atoms with van der Waals surface area (Å²) in [5, 5.41) is 3.16. The van der Waals surface area contributed by atoms with E-state index in [0.717, 1.165) is 5.56 Å². The first kappa shape index (κ1) is 18.0. The molecule has 0 saturated heterocycles. The van der Waals surface area contributed by atoms with Gasteiger partial charge in [-0.2, -0.15) is 8.78 Å². The lowest BCUT2D eigenvalue weighted by molar-refractivity contribution is 0.251. The van der Waals surface area contributed by atoms with Gasteiger partial charge < -0.3 is 9.73 Å². The van der Waals surface area contributed by atoms with Gasteiger partial charge in [0.15, 0.2) is 9.84 Å². The molecule has 126 valence electrons. The summed E-state index contributed by atoms with van der Waals surface area (Å²) in [4.78, 5) is 0.286. The maximum absolute atomic E-state index is 12.1. The molecule has 1 N–H and O–H groups in total. The Balaban J connectivity index is 1.81. The minimum absolute atomic E-state index is 0.143. The summed E-state index contributed by atoms with van der Waals surface area (Å²) in [5.74, 6) is -1.08. The number of benzene rings is 1. The molecule has 0 aliphatic rings. The van der Waals surface area contributed by atoms with Crippen LogP contribution >= 0.6 is 11.8 Å². The molecule has 0 spiro atoms. The van der Waals surface area contributed by atoms with Crippen LogP contribution < -0.4 is 5.32 Å². The van der Waals surface area contributed by atoms with Crippen LogP contribution in [-0.4, -0.2) is 20.4 Å². The van der Waals surface area contributed by atoms with Crippen LogP contribution in [0.25, 0.3) is 0 Å². The Morgan fingerprint density at radius 2 is 1.74 bits per heavy atom. The largest absolute Gasteiger partial charge is 0.464 e. The highest BCUT2D eigenvalue weighted by Crippen LogP contribution is 2.21. The monoisotopic (exact) mass is 361 g/mol. The molecule has 23 heavy (non-hydrogen) atoms. The SMILES string of the molecule is CS(=O)(=O)c1ccc(CNCc2ccc(CSC(F)F)o2)cc1. The van der Waals surface area contributed by atoms with Crippen molar-refractivity contribution < 1.29 is 21.6 Å². The predicted octanol–water partition coefficient (Wildman–Crippen LogP) is 3.43. The average Bonchev–Trinajstić information content (AvgIpc) is 2.93. The molecule has 0 amide bonds. The van der Waals surface area contributed by atoms with Gasteiger partial charge in [-0.3, -0.25) is 0 Å². The van der Waals surface area contributed by atoms with Crippen LogP contribution in [0.2, 0.25) is 0 Å². The zero-order chi connectivity index (χ0) is 16.9. The van der Waals surface area contributed by atoms with Crippen molar-refractivity contribution in [1.82, 2.24) is 5.32 Å². The molecule has 8 heteroatoms. The summed E-state index contributed by atoms with van der Waals surface area (Å²) in [5.41, 5.74) is 0.942. The smallest absolute Gasteiger partial charge is 0.284 e. The summed E-state index contributed by atoms with van der Waals surface area (Å²) < 4.78 is 52.4. The average molecular weight is 361 g/mol. The molecule has 1 aromatic heterocycles. The highest BCUT2D eigenvalue weighted by atomic mass is 32.2. The normalized spacial score (nSPS) is 12.0. The van der Waals surface area contributed by atoms with Gasteiger partial charge in [-0.15, -0.1) is 0 Å². The first-order chi connectivity index (χ1) is 10.8. The van der Waals surface area contributed by atoms with Crippen LogP contribution in [0.15, 0.2) is 45.7 Å². The third kappa shape index (κ3) is 5.96. The fraction of sp³-hybridized carbons (Fsp3) is 0.333. The molecule has 2 aromatic rings. The molecule has 0 bridgehead atoms. The minimum atomic E-state index is -3.18. The van der Waals surface area contributed by atoms with Crippen molar-refractivity contribution in [2.75, 3.05) is 6.26 Å². The van der Waals surface area contributed by atoms with Crippen molar-refractivity contribution in [3.05, 3.63) is 53.5 Å². The van der Waals surface area contributed by atoms with Gasteiger partial charge in [-0.05, 0) is 29.8 Å². The van der Waals surface area contributed by atoms with Crippen molar-refractivity contribution in [2.24, 2.45) is 0 Å². The second kappa shape index (κ2) is 7.94. The molecule has 0 aliphatic carbocycles. The van der Waals surface area contributed by atoms with Crippen LogP contribution in [0.3, 0.4) is 0 Å². The summed E-state index contributed by atoms with van der Waals surface area (Å²) in [6.45, 7) is 1.01. The van der Waals surface area contributed by atoms with Gasteiger partial charge in [0.05, 0.1) is 17.2 Å². The molecule has 0 saturated carbocycles. The van der Waals surface area contributed by atoms with Crippen molar-refractivity contribution in [3.8, 4) is 0 Å². The van der Waals surface area contributed by atoms with Crippen LogP contribution in [0.4, 0.5) is 8.78 Å². The van der Waals surface area contributed by atoms with Gasteiger partial charge in [0.25, 0.3) is 5.76 Å². The third-order valence-electron chi connectivity index (χ3n) is 3.05. The molecule has 0 radical (unpaired) electrons. The second-order valence-electron chi connectivity index (χ2n) is 4.96. The maximum Gasteiger partial charge on any atom is 0.284 e. The summed E-state index contributed by atoms with van der Waals surface area (Å²) in [7, 11) is -3.18. The summed E-state index contributed by atoms with van der Waals surface area (Å²) >= 11 is 0.525. The Labute approximate surface area is 138 Å². The molecular weight excluding hydrogens is 344 g/mol. The topological polar surface area (TPSA) is 59.3 Å². The summed E-state index contributed by atoms with van der Waals surface area (Å²) in [6.07, 6.45) is 1.17. The van der Waals surface area contributed by atoms with E-state index >= 15 is 0 Å². The van der Waals surface area contributed by atoms with Crippen LogP contribution in [0, 0.1) is 0 Å². The van der Waals surface area contributed by atoms with E-state index in [0.29, 0.717) is 36.4 Å². The molecule has 2 rings (SSSR count). The number of hydrogen-bond donors (Lipinski definition) is 1. The molecule has 0 fully saturated rings. The van der Waals surface area contributed by atoms with Crippen LogP contribution in [0.1, 0.15) is 17.1 Å². The second-order valence-corrected chi connectivity index (χ2v) is 7.95. The summed E-state index contributed by atoms with van der Waals surface area (Å²) in [6, 6.07) is 10.1. The van der Waals surface area contributed by atoms with Crippen molar-refractivity contribution in [3.63, 3.8) is 0 Å². The van der Waals surface area contributed by atoms with Crippen molar-refractivity contribution in [2.45, 2.75) is 29.5 Å². The Morgan fingerprint density at radius 3 is 2.35 bits per heavy atom. The third-order valence-corrected chi connectivity index (χ3v) is 4.88. The Morgan fingerprint density at radius 1 is 1.09 bits per heavy atom. The molecule has 1 heterocycles. The quantitative estimate of drug-likeness (QED) is 0.781. The van der Waals surface area contributed by atoms with E-state index in [-0.39, 0.29) is 10.6 Å². The number of halogens is 2. The van der Waals surface area contributed by atoms with Gasteiger partial charge in [0, 0.05) is 12.8 Å².